The number of nitrogens with one attached hydrogen (secondary N) is 2. The van der Waals surface area contributed by atoms with Crippen LogP contribution in [-0.2, 0) is 16.6 Å². The Morgan fingerprint density at radius 3 is 2.59 bits per heavy atom. The summed E-state index contributed by atoms with van der Waals surface area (Å²) in [5.74, 6) is -0.143. The van der Waals surface area contributed by atoms with Crippen molar-refractivity contribution in [1.29, 1.82) is 0 Å². The van der Waals surface area contributed by atoms with E-state index in [0.717, 1.165) is 22.4 Å². The lowest BCUT2D eigenvalue weighted by molar-refractivity contribution is -0.274. The third-order valence-electron chi connectivity index (χ3n) is 5.88. The number of anilines is 1. The van der Waals surface area contributed by atoms with Gasteiger partial charge in [0.1, 0.15) is 22.8 Å². The number of rotatable bonds is 5. The number of halogens is 3. The summed E-state index contributed by atoms with van der Waals surface area (Å²) in [5, 5.41) is 8.08. The van der Waals surface area contributed by atoms with Crippen LogP contribution in [-0.4, -0.2) is 31.4 Å². The molecule has 0 saturated carbocycles. The molecule has 39 heavy (non-hydrogen) atoms. The molecule has 0 fully saturated rings. The normalized spacial score (nSPS) is 14.3. The molecular formula is C27H20F3N5O2S2. The SMILES string of the molecule is Cc1cccc(C)c1NC(=S)N/N=C/c1c#cc2c(c1)CS(=O)c1c-2ncn1-c1ccc(OC(F)(F)F)cc1. The van der Waals surface area contributed by atoms with Gasteiger partial charge < -0.3 is 10.1 Å². The van der Waals surface area contributed by atoms with Crippen LogP contribution in [0.15, 0.2) is 65.0 Å². The van der Waals surface area contributed by atoms with Crippen LogP contribution in [0.1, 0.15) is 22.3 Å². The molecule has 1 unspecified atom stereocenters. The Bertz CT molecular complexity index is 1590. The molecule has 1 atom stereocenters. The molecule has 0 aliphatic carbocycles. The summed E-state index contributed by atoms with van der Waals surface area (Å²) in [6, 6.07) is 19.1. The first-order chi connectivity index (χ1) is 18.6. The molecule has 7 nitrogen and oxygen atoms in total. The smallest absolute Gasteiger partial charge is 0.406 e. The molecular weight excluding hydrogens is 547 g/mol. The van der Waals surface area contributed by atoms with Gasteiger partial charge in [-0.05, 0) is 73.1 Å². The van der Waals surface area contributed by atoms with Gasteiger partial charge in [0.05, 0.1) is 28.3 Å². The maximum Gasteiger partial charge on any atom is 0.573 e. The zero-order valence-corrected chi connectivity index (χ0v) is 22.2. The van der Waals surface area contributed by atoms with Crippen molar-refractivity contribution in [1.82, 2.24) is 15.0 Å². The first-order valence-electron chi connectivity index (χ1n) is 11.5. The van der Waals surface area contributed by atoms with Crippen molar-refractivity contribution < 1.29 is 22.1 Å². The summed E-state index contributed by atoms with van der Waals surface area (Å²) in [4.78, 5) is 4.41. The van der Waals surface area contributed by atoms with Gasteiger partial charge in [0.15, 0.2) is 5.11 Å². The fraction of sp³-hybridized carbons (Fsp3) is 0.148. The lowest BCUT2D eigenvalue weighted by Gasteiger charge is -2.16. The van der Waals surface area contributed by atoms with E-state index in [9.17, 15) is 17.4 Å². The summed E-state index contributed by atoms with van der Waals surface area (Å²) >= 11 is 5.34. The molecule has 12 heteroatoms. The Hall–Kier alpha value is -4.21. The molecule has 1 aliphatic heterocycles. The molecule has 1 aliphatic rings. The first kappa shape index (κ1) is 26.4. The number of aryl methyl sites for hydroxylation is 2. The van der Waals surface area contributed by atoms with Gasteiger partial charge in [-0.2, -0.15) is 5.10 Å². The predicted octanol–water partition coefficient (Wildman–Crippen LogP) is 5.60. The van der Waals surface area contributed by atoms with E-state index < -0.39 is 17.2 Å². The van der Waals surface area contributed by atoms with Crippen molar-refractivity contribution in [2.45, 2.75) is 31.0 Å². The van der Waals surface area contributed by atoms with Gasteiger partial charge in [-0.25, -0.2) is 4.98 Å². The topological polar surface area (TPSA) is 80.5 Å². The minimum Gasteiger partial charge on any atom is -0.406 e. The van der Waals surface area contributed by atoms with Crippen LogP contribution in [0.2, 0.25) is 0 Å². The molecule has 4 aromatic rings. The van der Waals surface area contributed by atoms with Crippen LogP contribution in [0.5, 0.6) is 5.75 Å². The Morgan fingerprint density at radius 2 is 1.90 bits per heavy atom. The standard InChI is InChI=1S/C27H20F3N5O2S2/c1-16-4-3-5-17(2)23(16)33-26(38)34-32-13-18-6-11-22-19(12-18)14-39(36)25-24(22)31-15-35(25)20-7-9-21(10-8-20)37-27(28,29)30/h3-5,7-10,12-13,15H,14H2,1-2H3,(H2,33,34,38)/b32-13+. The van der Waals surface area contributed by atoms with Crippen molar-refractivity contribution in [3.05, 3.63) is 89.2 Å². The predicted molar refractivity (Wildman–Crippen MR) is 146 cm³/mol. The second kappa shape index (κ2) is 10.5. The third kappa shape index (κ3) is 5.79. The molecule has 3 aromatic carbocycles. The van der Waals surface area contributed by atoms with Crippen LogP contribution in [0.4, 0.5) is 18.9 Å². The monoisotopic (exact) mass is 567 g/mol. The second-order valence-corrected chi connectivity index (χ2v) is 10.4. The van der Waals surface area contributed by atoms with Gasteiger partial charge in [0, 0.05) is 16.9 Å². The van der Waals surface area contributed by atoms with Gasteiger partial charge >= 0.3 is 6.36 Å². The Morgan fingerprint density at radius 1 is 1.18 bits per heavy atom. The van der Waals surface area contributed by atoms with Gasteiger partial charge in [0.2, 0.25) is 0 Å². The van der Waals surface area contributed by atoms with Crippen LogP contribution in [0, 0.1) is 26.0 Å². The van der Waals surface area contributed by atoms with E-state index in [0.29, 0.717) is 32.6 Å². The highest BCUT2D eigenvalue weighted by Gasteiger charge is 2.31. The molecule has 5 rings (SSSR count). The van der Waals surface area contributed by atoms with E-state index in [1.165, 1.54) is 36.8 Å². The maximum atomic E-state index is 13.2. The first-order valence-corrected chi connectivity index (χ1v) is 13.3. The number of thiocarbonyl (C=S) groups is 1. The molecule has 0 radical (unpaired) electrons. The number of alkyl halides is 3. The van der Waals surface area contributed by atoms with E-state index in [1.54, 1.807) is 4.57 Å². The lowest BCUT2D eigenvalue weighted by atomic mass is 10.1. The minimum absolute atomic E-state index is 0.204. The Balaban J connectivity index is 1.31. The summed E-state index contributed by atoms with van der Waals surface area (Å²) < 4.78 is 56.1. The molecule has 2 N–H and O–H groups in total. The number of hydrogen-bond acceptors (Lipinski definition) is 5. The average molecular weight is 568 g/mol. The Labute approximate surface area is 230 Å². The summed E-state index contributed by atoms with van der Waals surface area (Å²) in [6.45, 7) is 3.97. The summed E-state index contributed by atoms with van der Waals surface area (Å²) in [5.41, 5.74) is 8.81. The highest BCUT2D eigenvalue weighted by Crippen LogP contribution is 2.35. The van der Waals surface area contributed by atoms with Crippen LogP contribution < -0.4 is 15.5 Å². The van der Waals surface area contributed by atoms with Crippen LogP contribution >= 0.6 is 12.2 Å². The highest BCUT2D eigenvalue weighted by atomic mass is 32.2. The lowest BCUT2D eigenvalue weighted by Crippen LogP contribution is -2.24. The Kier molecular flexibility index (Phi) is 7.12. The van der Waals surface area contributed by atoms with Crippen molar-refractivity contribution in [3.63, 3.8) is 0 Å². The number of fused-ring (bicyclic) bond motifs is 3. The van der Waals surface area contributed by atoms with Crippen molar-refractivity contribution >= 4 is 40.0 Å². The number of hydrogen-bond donors (Lipinski definition) is 2. The number of imidazole rings is 1. The molecule has 0 bridgehead atoms. The summed E-state index contributed by atoms with van der Waals surface area (Å²) in [6.07, 6.45) is -1.76. The van der Waals surface area contributed by atoms with E-state index in [-0.39, 0.29) is 11.5 Å². The van der Waals surface area contributed by atoms with Crippen molar-refractivity contribution in [2.24, 2.45) is 5.10 Å². The maximum absolute atomic E-state index is 13.2. The zero-order chi connectivity index (χ0) is 27.7. The average Bonchev–Trinajstić information content (AvgIpc) is 3.32. The zero-order valence-electron chi connectivity index (χ0n) is 20.6. The number of hydrazone groups is 1. The number of benzene rings is 2. The van der Waals surface area contributed by atoms with Crippen molar-refractivity contribution in [2.75, 3.05) is 5.32 Å². The van der Waals surface area contributed by atoms with Crippen LogP contribution in [0.3, 0.4) is 0 Å². The molecule has 0 spiro atoms. The number of nitrogens with zero attached hydrogens (tertiary/aromatic N) is 3. The molecule has 2 heterocycles. The third-order valence-corrected chi connectivity index (χ3v) is 7.47. The van der Waals surface area contributed by atoms with Crippen LogP contribution in [0.25, 0.3) is 16.9 Å². The number of aromatic nitrogens is 2. The van der Waals surface area contributed by atoms with Gasteiger partial charge in [-0.1, -0.05) is 30.3 Å². The summed E-state index contributed by atoms with van der Waals surface area (Å²) in [7, 11) is -1.46. The second-order valence-electron chi connectivity index (χ2n) is 8.64. The molecule has 0 amide bonds. The largest absolute Gasteiger partial charge is 0.573 e. The van der Waals surface area contributed by atoms with Gasteiger partial charge in [-0.3, -0.25) is 14.2 Å². The fourth-order valence-corrected chi connectivity index (χ4v) is 5.69. The van der Waals surface area contributed by atoms with Gasteiger partial charge in [-0.15, -0.1) is 13.2 Å². The molecule has 1 aromatic heterocycles. The number of ether oxygens (including phenoxy) is 1. The van der Waals surface area contributed by atoms with E-state index in [2.05, 4.69) is 37.7 Å². The van der Waals surface area contributed by atoms with E-state index >= 15 is 0 Å². The minimum atomic E-state index is -4.78. The molecule has 0 saturated heterocycles. The van der Waals surface area contributed by atoms with Gasteiger partial charge in [0.25, 0.3) is 0 Å². The van der Waals surface area contributed by atoms with Crippen molar-refractivity contribution in [3.8, 4) is 22.7 Å². The molecule has 198 valence electrons. The number of para-hydroxylation sites is 1. The fourth-order valence-electron chi connectivity index (χ4n) is 4.15. The quantitative estimate of drug-likeness (QED) is 0.186. The van der Waals surface area contributed by atoms with E-state index in [4.69, 9.17) is 12.2 Å². The van der Waals surface area contributed by atoms with E-state index in [1.807, 2.05) is 38.1 Å². The highest BCUT2D eigenvalue weighted by molar-refractivity contribution is 7.84.